The zero-order valence-corrected chi connectivity index (χ0v) is 20.7. The van der Waals surface area contributed by atoms with Crippen LogP contribution in [0.5, 0.6) is 17.2 Å². The van der Waals surface area contributed by atoms with Gasteiger partial charge in [-0.05, 0) is 63.5 Å². The smallest absolute Gasteiger partial charge is 0.295 e. The van der Waals surface area contributed by atoms with Crippen molar-refractivity contribution in [3.05, 3.63) is 58.1 Å². The molecule has 9 heteroatoms. The Morgan fingerprint density at radius 1 is 1.03 bits per heavy atom. The number of ether oxygens (including phenoxy) is 3. The second-order valence-electron chi connectivity index (χ2n) is 8.11. The van der Waals surface area contributed by atoms with Gasteiger partial charge in [-0.1, -0.05) is 11.6 Å². The topological polar surface area (TPSA) is 88.5 Å². The molecule has 3 rings (SSSR count). The van der Waals surface area contributed by atoms with Crippen molar-refractivity contribution >= 4 is 29.1 Å². The number of likely N-dealkylation sites (tertiary alicyclic amines) is 1. The average Bonchev–Trinajstić information content (AvgIpc) is 3.07. The molecule has 0 bridgehead atoms. The van der Waals surface area contributed by atoms with Crippen molar-refractivity contribution in [3.63, 3.8) is 0 Å². The summed E-state index contributed by atoms with van der Waals surface area (Å²) < 4.78 is 16.1. The van der Waals surface area contributed by atoms with Crippen LogP contribution in [-0.2, 0) is 9.59 Å². The first-order chi connectivity index (χ1) is 16.2. The Morgan fingerprint density at radius 3 is 2.29 bits per heavy atom. The van der Waals surface area contributed by atoms with E-state index in [1.807, 2.05) is 19.0 Å². The summed E-state index contributed by atoms with van der Waals surface area (Å²) in [6.07, 6.45) is 0.636. The van der Waals surface area contributed by atoms with Gasteiger partial charge in [-0.25, -0.2) is 0 Å². The van der Waals surface area contributed by atoms with E-state index in [0.717, 1.165) is 6.54 Å². The molecule has 8 nitrogen and oxygen atoms in total. The fourth-order valence-electron chi connectivity index (χ4n) is 4.01. The first kappa shape index (κ1) is 25.4. The molecule has 1 heterocycles. The molecular weight excluding hydrogens is 460 g/mol. The van der Waals surface area contributed by atoms with Crippen molar-refractivity contribution in [3.8, 4) is 17.2 Å². The maximum Gasteiger partial charge on any atom is 0.295 e. The van der Waals surface area contributed by atoms with Crippen LogP contribution in [0.2, 0.25) is 5.02 Å². The number of carbonyl (C=O) groups excluding carboxylic acids is 2. The fourth-order valence-corrected chi connectivity index (χ4v) is 4.27. The number of carbonyl (C=O) groups is 2. The lowest BCUT2D eigenvalue weighted by Gasteiger charge is -2.27. The normalized spacial score (nSPS) is 17.4. The average molecular weight is 489 g/mol. The Balaban J connectivity index is 2.20. The number of hydrogen-bond acceptors (Lipinski definition) is 7. The van der Waals surface area contributed by atoms with E-state index in [4.69, 9.17) is 25.8 Å². The maximum absolute atomic E-state index is 13.2. The standard InChI is InChI=1S/C25H29ClN2O6/c1-27(2)11-6-12-28-22(17-14-16(32-3)8-10-19(17)33-4)21(24(30)25(28)31)23(29)15-7-9-20(34-5)18(26)13-15/h7-10,13-14,22,29H,6,11-12H2,1-5H3/t22-/m1/s1. The third-order valence-electron chi connectivity index (χ3n) is 5.70. The number of Topliss-reactive ketones (excluding diaryl/α,β-unsaturated/α-hetero) is 1. The number of benzene rings is 2. The highest BCUT2D eigenvalue weighted by atomic mass is 35.5. The Morgan fingerprint density at radius 2 is 1.71 bits per heavy atom. The number of aliphatic hydroxyl groups is 1. The molecule has 1 atom stereocenters. The second-order valence-corrected chi connectivity index (χ2v) is 8.51. The minimum atomic E-state index is -0.868. The summed E-state index contributed by atoms with van der Waals surface area (Å²) in [6, 6.07) is 8.94. The highest BCUT2D eigenvalue weighted by Crippen LogP contribution is 2.44. The molecule has 0 unspecified atom stereocenters. The van der Waals surface area contributed by atoms with Crippen LogP contribution in [0, 0.1) is 0 Å². The lowest BCUT2D eigenvalue weighted by atomic mass is 9.94. The van der Waals surface area contributed by atoms with E-state index in [1.54, 1.807) is 30.3 Å². The monoisotopic (exact) mass is 488 g/mol. The number of nitrogens with zero attached hydrogens (tertiary/aromatic N) is 2. The minimum Gasteiger partial charge on any atom is -0.507 e. The van der Waals surface area contributed by atoms with Gasteiger partial charge in [-0.15, -0.1) is 0 Å². The van der Waals surface area contributed by atoms with E-state index in [2.05, 4.69) is 0 Å². The van der Waals surface area contributed by atoms with Crippen LogP contribution in [-0.4, -0.2) is 75.1 Å². The summed E-state index contributed by atoms with van der Waals surface area (Å²) in [5.41, 5.74) is 0.790. The van der Waals surface area contributed by atoms with Crippen LogP contribution in [0.4, 0.5) is 0 Å². The van der Waals surface area contributed by atoms with Crippen LogP contribution in [0.1, 0.15) is 23.6 Å². The maximum atomic E-state index is 13.2. The van der Waals surface area contributed by atoms with E-state index in [-0.39, 0.29) is 16.4 Å². The SMILES string of the molecule is COc1ccc(OC)c([C@@H]2C(=C(O)c3ccc(OC)c(Cl)c3)C(=O)C(=O)N2CCCN(C)C)c1. The molecule has 2 aromatic rings. The summed E-state index contributed by atoms with van der Waals surface area (Å²) in [6.45, 7) is 1.03. The van der Waals surface area contributed by atoms with E-state index >= 15 is 0 Å². The second kappa shape index (κ2) is 10.8. The molecule has 1 aliphatic rings. The van der Waals surface area contributed by atoms with Gasteiger partial charge < -0.3 is 29.1 Å². The quantitative estimate of drug-likeness (QED) is 0.327. The number of ketones is 1. The molecular formula is C25H29ClN2O6. The van der Waals surface area contributed by atoms with E-state index in [9.17, 15) is 14.7 Å². The summed E-state index contributed by atoms with van der Waals surface area (Å²) >= 11 is 6.25. The molecule has 0 aliphatic carbocycles. The third-order valence-corrected chi connectivity index (χ3v) is 6.00. The van der Waals surface area contributed by atoms with E-state index in [0.29, 0.717) is 41.3 Å². The van der Waals surface area contributed by atoms with Gasteiger partial charge in [0.15, 0.2) is 0 Å². The molecule has 1 amide bonds. The lowest BCUT2D eigenvalue weighted by molar-refractivity contribution is -0.140. The van der Waals surface area contributed by atoms with Crippen LogP contribution < -0.4 is 14.2 Å². The van der Waals surface area contributed by atoms with Gasteiger partial charge >= 0.3 is 0 Å². The first-order valence-electron chi connectivity index (χ1n) is 10.7. The largest absolute Gasteiger partial charge is 0.507 e. The van der Waals surface area contributed by atoms with Gasteiger partial charge in [-0.3, -0.25) is 9.59 Å². The van der Waals surface area contributed by atoms with Crippen molar-refractivity contribution in [1.29, 1.82) is 0 Å². The van der Waals surface area contributed by atoms with Crippen molar-refractivity contribution in [2.45, 2.75) is 12.5 Å². The Bertz CT molecular complexity index is 1110. The van der Waals surface area contributed by atoms with Gasteiger partial charge in [0, 0.05) is 17.7 Å². The lowest BCUT2D eigenvalue weighted by Crippen LogP contribution is -2.32. The van der Waals surface area contributed by atoms with Crippen molar-refractivity contribution in [2.75, 3.05) is 48.5 Å². The van der Waals surface area contributed by atoms with Crippen molar-refractivity contribution in [2.24, 2.45) is 0 Å². The Labute approximate surface area is 204 Å². The summed E-state index contributed by atoms with van der Waals surface area (Å²) in [7, 11) is 8.38. The Hall–Kier alpha value is -3.23. The van der Waals surface area contributed by atoms with Crippen LogP contribution >= 0.6 is 11.6 Å². The molecule has 1 aliphatic heterocycles. The number of halogens is 1. The number of hydrogen-bond donors (Lipinski definition) is 1. The number of aliphatic hydroxyl groups excluding tert-OH is 1. The third kappa shape index (κ3) is 4.98. The molecule has 0 aromatic heterocycles. The van der Waals surface area contributed by atoms with Crippen LogP contribution in [0.15, 0.2) is 42.0 Å². The summed E-state index contributed by atoms with van der Waals surface area (Å²) in [5, 5.41) is 11.5. The minimum absolute atomic E-state index is 0.0392. The fraction of sp³-hybridized carbons (Fsp3) is 0.360. The zero-order valence-electron chi connectivity index (χ0n) is 19.9. The zero-order chi connectivity index (χ0) is 25.0. The van der Waals surface area contributed by atoms with Crippen LogP contribution in [0.25, 0.3) is 5.76 Å². The van der Waals surface area contributed by atoms with Gasteiger partial charge in [0.05, 0.1) is 38.0 Å². The van der Waals surface area contributed by atoms with E-state index < -0.39 is 17.7 Å². The molecule has 1 saturated heterocycles. The Kier molecular flexibility index (Phi) is 8.06. The molecule has 1 N–H and O–H groups in total. The van der Waals surface area contributed by atoms with Gasteiger partial charge in [0.1, 0.15) is 23.0 Å². The van der Waals surface area contributed by atoms with Crippen LogP contribution in [0.3, 0.4) is 0 Å². The molecule has 2 aromatic carbocycles. The number of rotatable bonds is 9. The highest BCUT2D eigenvalue weighted by molar-refractivity contribution is 6.46. The molecule has 0 radical (unpaired) electrons. The summed E-state index contributed by atoms with van der Waals surface area (Å²) in [5.74, 6) is -0.369. The highest BCUT2D eigenvalue weighted by Gasteiger charge is 2.47. The predicted molar refractivity (Wildman–Crippen MR) is 130 cm³/mol. The van der Waals surface area contributed by atoms with Gasteiger partial charge in [-0.2, -0.15) is 0 Å². The predicted octanol–water partition coefficient (Wildman–Crippen LogP) is 3.74. The summed E-state index contributed by atoms with van der Waals surface area (Å²) in [4.78, 5) is 29.8. The molecule has 0 spiro atoms. The molecule has 182 valence electrons. The molecule has 1 fully saturated rings. The number of methoxy groups -OCH3 is 3. The van der Waals surface area contributed by atoms with Gasteiger partial charge in [0.25, 0.3) is 11.7 Å². The first-order valence-corrected chi connectivity index (χ1v) is 11.1. The molecule has 0 saturated carbocycles. The molecule has 34 heavy (non-hydrogen) atoms. The van der Waals surface area contributed by atoms with Gasteiger partial charge in [0.2, 0.25) is 0 Å². The van der Waals surface area contributed by atoms with Crippen molar-refractivity contribution < 1.29 is 28.9 Å². The number of amides is 1. The van der Waals surface area contributed by atoms with E-state index in [1.165, 1.54) is 32.3 Å². The van der Waals surface area contributed by atoms with Crippen molar-refractivity contribution in [1.82, 2.24) is 9.80 Å².